The molecule has 6 nitrogen and oxygen atoms in total. The second-order valence-corrected chi connectivity index (χ2v) is 8.10. The van der Waals surface area contributed by atoms with Crippen LogP contribution in [-0.2, 0) is 26.1 Å². The zero-order valence-electron chi connectivity index (χ0n) is 19.4. The number of methoxy groups -OCH3 is 3. The van der Waals surface area contributed by atoms with Crippen LogP contribution in [0.1, 0.15) is 32.6 Å². The van der Waals surface area contributed by atoms with Gasteiger partial charge in [0, 0.05) is 37.3 Å². The van der Waals surface area contributed by atoms with Crippen LogP contribution in [0.5, 0.6) is 17.2 Å². The molecule has 0 saturated heterocycles. The van der Waals surface area contributed by atoms with E-state index in [0.29, 0.717) is 29.4 Å². The van der Waals surface area contributed by atoms with Gasteiger partial charge in [0.2, 0.25) is 5.75 Å². The van der Waals surface area contributed by atoms with Crippen LogP contribution in [0.15, 0.2) is 60.7 Å². The van der Waals surface area contributed by atoms with E-state index in [0.717, 1.165) is 31.6 Å². The Bertz CT molecular complexity index is 1110. The highest BCUT2D eigenvalue weighted by atomic mass is 16.5. The number of fused-ring (bicyclic) bond motifs is 1. The number of carbonyl (C=O) groups excluding carboxylic acids is 1. The van der Waals surface area contributed by atoms with Crippen LogP contribution in [0.3, 0.4) is 0 Å². The predicted molar refractivity (Wildman–Crippen MR) is 128 cm³/mol. The van der Waals surface area contributed by atoms with Crippen molar-refractivity contribution in [1.82, 2.24) is 10.2 Å². The predicted octanol–water partition coefficient (Wildman–Crippen LogP) is 4.20. The molecule has 172 valence electrons. The Kier molecular flexibility index (Phi) is 7.15. The number of rotatable bonds is 8. The van der Waals surface area contributed by atoms with Gasteiger partial charge in [-0.3, -0.25) is 9.69 Å². The highest BCUT2D eigenvalue weighted by molar-refractivity contribution is 5.94. The van der Waals surface area contributed by atoms with Crippen LogP contribution in [0.2, 0.25) is 0 Å². The maximum absolute atomic E-state index is 12.7. The molecule has 3 aromatic rings. The third-order valence-electron chi connectivity index (χ3n) is 6.06. The molecule has 6 heteroatoms. The number of benzene rings is 3. The summed E-state index contributed by atoms with van der Waals surface area (Å²) in [7, 11) is 4.71. The summed E-state index contributed by atoms with van der Waals surface area (Å²) in [5.74, 6) is 1.51. The van der Waals surface area contributed by atoms with Crippen molar-refractivity contribution in [1.29, 1.82) is 0 Å². The molecule has 1 amide bonds. The third kappa shape index (κ3) is 5.12. The summed E-state index contributed by atoms with van der Waals surface area (Å²) in [6.07, 6.45) is 1.08. The quantitative estimate of drug-likeness (QED) is 0.562. The van der Waals surface area contributed by atoms with E-state index in [1.54, 1.807) is 27.4 Å². The van der Waals surface area contributed by atoms with Gasteiger partial charge in [0.15, 0.2) is 11.5 Å². The molecule has 1 aliphatic heterocycles. The van der Waals surface area contributed by atoms with Gasteiger partial charge in [0.25, 0.3) is 5.91 Å². The minimum Gasteiger partial charge on any atom is -0.493 e. The van der Waals surface area contributed by atoms with Gasteiger partial charge in [0.1, 0.15) is 0 Å². The second kappa shape index (κ2) is 10.4. The summed E-state index contributed by atoms with van der Waals surface area (Å²) in [6, 6.07) is 20.1. The van der Waals surface area contributed by atoms with E-state index in [9.17, 15) is 4.79 Å². The topological polar surface area (TPSA) is 60.0 Å². The fourth-order valence-electron chi connectivity index (χ4n) is 4.29. The largest absolute Gasteiger partial charge is 0.493 e. The average Bonchev–Trinajstić information content (AvgIpc) is 2.86. The molecule has 0 atom stereocenters. The number of nitrogens with one attached hydrogen (secondary N) is 1. The zero-order chi connectivity index (χ0) is 23.2. The van der Waals surface area contributed by atoms with Crippen molar-refractivity contribution < 1.29 is 19.0 Å². The van der Waals surface area contributed by atoms with Crippen molar-refractivity contribution in [2.24, 2.45) is 0 Å². The number of amides is 1. The molecule has 0 aliphatic carbocycles. The zero-order valence-corrected chi connectivity index (χ0v) is 19.4. The molecule has 0 saturated carbocycles. The van der Waals surface area contributed by atoms with E-state index in [1.165, 1.54) is 16.7 Å². The lowest BCUT2D eigenvalue weighted by molar-refractivity contribution is 0.0950. The summed E-state index contributed by atoms with van der Waals surface area (Å²) in [5.41, 5.74) is 5.50. The molecule has 0 radical (unpaired) electrons. The number of nitrogens with zero attached hydrogens (tertiary/aromatic N) is 1. The van der Waals surface area contributed by atoms with Crippen molar-refractivity contribution in [3.8, 4) is 17.2 Å². The molecule has 0 spiro atoms. The first-order valence-electron chi connectivity index (χ1n) is 11.1. The van der Waals surface area contributed by atoms with E-state index >= 15 is 0 Å². The Morgan fingerprint density at radius 1 is 0.879 bits per heavy atom. The molecule has 0 bridgehead atoms. The smallest absolute Gasteiger partial charge is 0.251 e. The maximum atomic E-state index is 12.7. The first kappa shape index (κ1) is 22.7. The minimum absolute atomic E-state index is 0.134. The highest BCUT2D eigenvalue weighted by Gasteiger charge is 2.18. The fourth-order valence-corrected chi connectivity index (χ4v) is 4.29. The Morgan fingerprint density at radius 2 is 1.61 bits per heavy atom. The van der Waals surface area contributed by atoms with Gasteiger partial charge in [-0.15, -0.1) is 0 Å². The van der Waals surface area contributed by atoms with E-state index < -0.39 is 0 Å². The van der Waals surface area contributed by atoms with Crippen LogP contribution in [-0.4, -0.2) is 38.7 Å². The van der Waals surface area contributed by atoms with E-state index in [1.807, 2.05) is 30.3 Å². The Balaban J connectivity index is 1.36. The van der Waals surface area contributed by atoms with Gasteiger partial charge in [0.05, 0.1) is 21.3 Å². The summed E-state index contributed by atoms with van der Waals surface area (Å²) < 4.78 is 16.2. The number of hydrogen-bond donors (Lipinski definition) is 1. The minimum atomic E-state index is -0.134. The molecule has 3 aromatic carbocycles. The van der Waals surface area contributed by atoms with Gasteiger partial charge in [-0.2, -0.15) is 0 Å². The van der Waals surface area contributed by atoms with Crippen LogP contribution >= 0.6 is 0 Å². The normalized spacial score (nSPS) is 13.2. The third-order valence-corrected chi connectivity index (χ3v) is 6.06. The first-order valence-corrected chi connectivity index (χ1v) is 11.1. The van der Waals surface area contributed by atoms with Crippen molar-refractivity contribution >= 4 is 5.91 Å². The van der Waals surface area contributed by atoms with E-state index in [-0.39, 0.29) is 5.91 Å². The van der Waals surface area contributed by atoms with Crippen molar-refractivity contribution in [3.63, 3.8) is 0 Å². The first-order chi connectivity index (χ1) is 16.1. The molecule has 1 aliphatic rings. The summed E-state index contributed by atoms with van der Waals surface area (Å²) in [4.78, 5) is 15.2. The number of hydrogen-bond acceptors (Lipinski definition) is 5. The second-order valence-electron chi connectivity index (χ2n) is 8.10. The molecule has 4 rings (SSSR count). The van der Waals surface area contributed by atoms with Crippen molar-refractivity contribution in [3.05, 3.63) is 88.5 Å². The molecule has 1 N–H and O–H groups in total. The van der Waals surface area contributed by atoms with Gasteiger partial charge >= 0.3 is 0 Å². The van der Waals surface area contributed by atoms with Crippen LogP contribution in [0, 0.1) is 0 Å². The molecular weight excluding hydrogens is 416 g/mol. The number of ether oxygens (including phenoxy) is 3. The monoisotopic (exact) mass is 446 g/mol. The lowest BCUT2D eigenvalue weighted by Crippen LogP contribution is -2.30. The average molecular weight is 447 g/mol. The van der Waals surface area contributed by atoms with Gasteiger partial charge in [-0.05, 0) is 47.4 Å². The van der Waals surface area contributed by atoms with Crippen molar-refractivity contribution in [2.75, 3.05) is 27.9 Å². The number of carbonyl (C=O) groups is 1. The summed E-state index contributed by atoms with van der Waals surface area (Å²) in [6.45, 7) is 3.20. The Labute approximate surface area is 195 Å². The maximum Gasteiger partial charge on any atom is 0.251 e. The van der Waals surface area contributed by atoms with Gasteiger partial charge in [-0.1, -0.05) is 36.4 Å². The molecule has 33 heavy (non-hydrogen) atoms. The summed E-state index contributed by atoms with van der Waals surface area (Å²) in [5, 5.41) is 2.96. The Hall–Kier alpha value is -3.51. The van der Waals surface area contributed by atoms with E-state index in [2.05, 4.69) is 34.5 Å². The van der Waals surface area contributed by atoms with Crippen LogP contribution < -0.4 is 19.5 Å². The molecular formula is C27H30N2O4. The SMILES string of the molecule is COc1ccc(CNC(=O)c2ccc(CN3CCc4ccccc4C3)cc2)c(OC)c1OC. The van der Waals surface area contributed by atoms with Gasteiger partial charge < -0.3 is 19.5 Å². The lowest BCUT2D eigenvalue weighted by atomic mass is 9.99. The Morgan fingerprint density at radius 3 is 2.30 bits per heavy atom. The fraction of sp³-hybridized carbons (Fsp3) is 0.296. The molecule has 0 aromatic heterocycles. The molecule has 0 fully saturated rings. The van der Waals surface area contributed by atoms with Crippen LogP contribution in [0.4, 0.5) is 0 Å². The molecule has 1 heterocycles. The van der Waals surface area contributed by atoms with Gasteiger partial charge in [-0.25, -0.2) is 0 Å². The van der Waals surface area contributed by atoms with Crippen molar-refractivity contribution in [2.45, 2.75) is 26.1 Å². The highest BCUT2D eigenvalue weighted by Crippen LogP contribution is 2.39. The standard InChI is InChI=1S/C27H30N2O4/c1-31-24-13-12-22(25(32-2)26(24)33-3)16-28-27(30)21-10-8-19(9-11-21)17-29-15-14-20-6-4-5-7-23(20)18-29/h4-13H,14-18H2,1-3H3,(H,28,30). The lowest BCUT2D eigenvalue weighted by Gasteiger charge is -2.28. The van der Waals surface area contributed by atoms with E-state index in [4.69, 9.17) is 14.2 Å². The molecule has 0 unspecified atom stereocenters. The summed E-state index contributed by atoms with van der Waals surface area (Å²) >= 11 is 0. The van der Waals surface area contributed by atoms with Crippen LogP contribution in [0.25, 0.3) is 0 Å².